The molecule has 136 valence electrons. The lowest BCUT2D eigenvalue weighted by atomic mass is 9.88. The second kappa shape index (κ2) is 10.1. The van der Waals surface area contributed by atoms with Crippen LogP contribution in [0.15, 0.2) is 48.8 Å². The predicted molar refractivity (Wildman–Crippen MR) is 95.2 cm³/mol. The van der Waals surface area contributed by atoms with Crippen LogP contribution >= 0.6 is 0 Å². The van der Waals surface area contributed by atoms with Crippen molar-refractivity contribution in [3.8, 4) is 0 Å². The fourth-order valence-corrected chi connectivity index (χ4v) is 1.53. The normalized spacial score (nSPS) is 14.2. The molecule has 0 amide bonds. The molecule has 0 aromatic heterocycles. The van der Waals surface area contributed by atoms with Gasteiger partial charge in [0.2, 0.25) is 0 Å². The summed E-state index contributed by atoms with van der Waals surface area (Å²) in [5.41, 5.74) is 0.878. The minimum Gasteiger partial charge on any atom is -0.493 e. The smallest absolute Gasteiger partial charge is 0.333 e. The maximum absolute atomic E-state index is 11.7. The zero-order chi connectivity index (χ0) is 18.9. The van der Waals surface area contributed by atoms with Gasteiger partial charge < -0.3 is 19.3 Å². The third kappa shape index (κ3) is 7.62. The van der Waals surface area contributed by atoms with E-state index in [-0.39, 0.29) is 19.8 Å². The number of ether oxygens (including phenoxy) is 3. The number of aliphatic hydroxyl groups excluding tert-OH is 1. The minimum atomic E-state index is -1.09. The first-order chi connectivity index (χ1) is 11.0. The van der Waals surface area contributed by atoms with Crippen LogP contribution in [-0.2, 0) is 19.0 Å². The highest BCUT2D eigenvalue weighted by Gasteiger charge is 2.33. The SMILES string of the molecule is C=C(C)C(=C)OCC(CC)(COC(=O)C(=C)C)COC(O)C(=C)C. The molecule has 0 aromatic carbocycles. The Bertz CT molecular complexity index is 474. The van der Waals surface area contributed by atoms with Crippen LogP contribution in [0.3, 0.4) is 0 Å². The molecule has 5 nitrogen and oxygen atoms in total. The van der Waals surface area contributed by atoms with Gasteiger partial charge in [-0.3, -0.25) is 0 Å². The summed E-state index contributed by atoms with van der Waals surface area (Å²) in [6, 6.07) is 0. The Balaban J connectivity index is 5.07. The largest absolute Gasteiger partial charge is 0.493 e. The average Bonchev–Trinajstić information content (AvgIpc) is 2.53. The number of carbonyl (C=O) groups excluding carboxylic acids is 1. The summed E-state index contributed by atoms with van der Waals surface area (Å²) in [5.74, 6) is -0.0218. The van der Waals surface area contributed by atoms with Gasteiger partial charge in [0.25, 0.3) is 0 Å². The van der Waals surface area contributed by atoms with E-state index in [1.807, 2.05) is 6.92 Å². The van der Waals surface area contributed by atoms with Gasteiger partial charge in [0.05, 0.1) is 18.6 Å². The summed E-state index contributed by atoms with van der Waals surface area (Å²) >= 11 is 0. The Labute approximate surface area is 145 Å². The summed E-state index contributed by atoms with van der Waals surface area (Å²) in [5, 5.41) is 9.80. The van der Waals surface area contributed by atoms with Crippen molar-refractivity contribution in [2.24, 2.45) is 5.41 Å². The molecule has 0 saturated heterocycles. The van der Waals surface area contributed by atoms with Crippen LogP contribution in [0.2, 0.25) is 0 Å². The maximum atomic E-state index is 11.7. The number of hydrogen-bond donors (Lipinski definition) is 1. The first-order valence-electron chi connectivity index (χ1n) is 7.80. The van der Waals surface area contributed by atoms with Crippen LogP contribution < -0.4 is 0 Å². The van der Waals surface area contributed by atoms with Crippen molar-refractivity contribution in [3.05, 3.63) is 48.8 Å². The molecule has 0 fully saturated rings. The van der Waals surface area contributed by atoms with Gasteiger partial charge in [0, 0.05) is 5.57 Å². The minimum absolute atomic E-state index is 0.0710. The first kappa shape index (κ1) is 22.1. The van der Waals surface area contributed by atoms with Gasteiger partial charge >= 0.3 is 5.97 Å². The number of hydrogen-bond acceptors (Lipinski definition) is 5. The number of rotatable bonds is 12. The van der Waals surface area contributed by atoms with Crippen molar-refractivity contribution in [1.29, 1.82) is 0 Å². The van der Waals surface area contributed by atoms with Gasteiger partial charge in [-0.15, -0.1) is 0 Å². The molecule has 0 radical (unpaired) electrons. The summed E-state index contributed by atoms with van der Waals surface area (Å²) in [7, 11) is 0. The fourth-order valence-electron chi connectivity index (χ4n) is 1.53. The van der Waals surface area contributed by atoms with E-state index in [0.29, 0.717) is 28.9 Å². The van der Waals surface area contributed by atoms with Crippen LogP contribution in [0.5, 0.6) is 0 Å². The Morgan fingerprint density at radius 3 is 1.96 bits per heavy atom. The van der Waals surface area contributed by atoms with Crippen molar-refractivity contribution < 1.29 is 24.1 Å². The van der Waals surface area contributed by atoms with Crippen molar-refractivity contribution in [2.75, 3.05) is 19.8 Å². The molecule has 5 heteroatoms. The van der Waals surface area contributed by atoms with Gasteiger partial charge in [-0.1, -0.05) is 33.2 Å². The van der Waals surface area contributed by atoms with E-state index in [2.05, 4.69) is 26.3 Å². The average molecular weight is 338 g/mol. The number of carbonyl (C=O) groups is 1. The Hall–Kier alpha value is -1.85. The molecule has 0 rings (SSSR count). The first-order valence-corrected chi connectivity index (χ1v) is 7.80. The van der Waals surface area contributed by atoms with E-state index < -0.39 is 17.7 Å². The van der Waals surface area contributed by atoms with E-state index in [4.69, 9.17) is 14.2 Å². The molecular formula is C19H30O5. The van der Waals surface area contributed by atoms with Crippen molar-refractivity contribution in [1.82, 2.24) is 0 Å². The Morgan fingerprint density at radius 2 is 1.54 bits per heavy atom. The van der Waals surface area contributed by atoms with E-state index in [1.54, 1.807) is 20.8 Å². The van der Waals surface area contributed by atoms with Gasteiger partial charge in [-0.25, -0.2) is 4.79 Å². The second-order valence-electron chi connectivity index (χ2n) is 6.21. The second-order valence-corrected chi connectivity index (χ2v) is 6.21. The van der Waals surface area contributed by atoms with Gasteiger partial charge in [0.15, 0.2) is 6.29 Å². The zero-order valence-corrected chi connectivity index (χ0v) is 15.3. The van der Waals surface area contributed by atoms with Crippen LogP contribution in [0.25, 0.3) is 0 Å². The molecule has 24 heavy (non-hydrogen) atoms. The molecular weight excluding hydrogens is 308 g/mol. The van der Waals surface area contributed by atoms with Crippen molar-refractivity contribution in [3.63, 3.8) is 0 Å². The molecule has 0 heterocycles. The Morgan fingerprint density at radius 1 is 1.00 bits per heavy atom. The maximum Gasteiger partial charge on any atom is 0.333 e. The summed E-state index contributed by atoms with van der Waals surface area (Å²) < 4.78 is 16.4. The molecule has 0 aromatic rings. The van der Waals surface area contributed by atoms with Crippen molar-refractivity contribution in [2.45, 2.75) is 40.4 Å². The number of esters is 1. The highest BCUT2D eigenvalue weighted by molar-refractivity contribution is 5.86. The van der Waals surface area contributed by atoms with Gasteiger partial charge in [-0.05, 0) is 38.3 Å². The predicted octanol–water partition coefficient (Wildman–Crippen LogP) is 3.52. The Kier molecular flexibility index (Phi) is 9.33. The molecule has 0 spiro atoms. The molecule has 1 N–H and O–H groups in total. The molecule has 0 saturated carbocycles. The van der Waals surface area contributed by atoms with Crippen molar-refractivity contribution >= 4 is 5.97 Å². The lowest BCUT2D eigenvalue weighted by Crippen LogP contribution is -2.39. The monoisotopic (exact) mass is 338 g/mol. The lowest BCUT2D eigenvalue weighted by Gasteiger charge is -2.33. The lowest BCUT2D eigenvalue weighted by molar-refractivity contribution is -0.153. The van der Waals surface area contributed by atoms with Gasteiger partial charge in [-0.2, -0.15) is 0 Å². The van der Waals surface area contributed by atoms with Crippen LogP contribution in [0.1, 0.15) is 34.1 Å². The molecule has 0 aliphatic rings. The summed E-state index contributed by atoms with van der Waals surface area (Å²) in [4.78, 5) is 11.7. The summed E-state index contributed by atoms with van der Waals surface area (Å²) in [6.45, 7) is 22.1. The number of allylic oxidation sites excluding steroid dienone is 1. The third-order valence-electron chi connectivity index (χ3n) is 3.61. The van der Waals surface area contributed by atoms with E-state index in [1.165, 1.54) is 0 Å². The van der Waals surface area contributed by atoms with Crippen LogP contribution in [0, 0.1) is 5.41 Å². The zero-order valence-electron chi connectivity index (χ0n) is 15.3. The molecule has 0 aliphatic heterocycles. The molecule has 2 unspecified atom stereocenters. The summed E-state index contributed by atoms with van der Waals surface area (Å²) in [6.07, 6.45) is -0.486. The van der Waals surface area contributed by atoms with E-state index >= 15 is 0 Å². The fraction of sp³-hybridized carbons (Fsp3) is 0.526. The molecule has 0 aliphatic carbocycles. The number of aliphatic hydroxyl groups is 1. The van der Waals surface area contributed by atoms with Gasteiger partial charge in [0.1, 0.15) is 12.4 Å². The topological polar surface area (TPSA) is 65.0 Å². The van der Waals surface area contributed by atoms with E-state index in [0.717, 1.165) is 0 Å². The third-order valence-corrected chi connectivity index (χ3v) is 3.61. The quantitative estimate of drug-likeness (QED) is 0.147. The highest BCUT2D eigenvalue weighted by Crippen LogP contribution is 2.27. The van der Waals surface area contributed by atoms with Crippen LogP contribution in [-0.4, -0.2) is 37.2 Å². The van der Waals surface area contributed by atoms with Crippen LogP contribution in [0.4, 0.5) is 0 Å². The standard InChI is InChI=1S/C19H30O5/c1-9-19(10-22-16(8)13(2)3,11-23-17(20)14(4)5)12-24-18(21)15(6)7/h17,20H,2,4,6,8-12H2,1,3,5,7H3. The highest BCUT2D eigenvalue weighted by atomic mass is 16.6. The molecule has 0 bridgehead atoms. The molecule has 2 atom stereocenters. The van der Waals surface area contributed by atoms with E-state index in [9.17, 15) is 9.90 Å².